The third-order valence-corrected chi connectivity index (χ3v) is 5.61. The van der Waals surface area contributed by atoms with Gasteiger partial charge in [0.05, 0.1) is 45.8 Å². The summed E-state index contributed by atoms with van der Waals surface area (Å²) in [6.45, 7) is 3.55. The van der Waals surface area contributed by atoms with Gasteiger partial charge < -0.3 is 44.5 Å². The average molecular weight is 545 g/mol. The number of aromatic hydroxyl groups is 1. The summed E-state index contributed by atoms with van der Waals surface area (Å²) in [7, 11) is 4.09. The van der Waals surface area contributed by atoms with E-state index in [1.54, 1.807) is 44.2 Å². The van der Waals surface area contributed by atoms with Crippen LogP contribution in [0.1, 0.15) is 31.0 Å². The minimum atomic E-state index is -1.18. The Labute approximate surface area is 225 Å². The number of ether oxygens (including phenoxy) is 5. The minimum absolute atomic E-state index is 0.134. The largest absolute Gasteiger partial charge is 0.502 e. The van der Waals surface area contributed by atoms with Gasteiger partial charge in [0.15, 0.2) is 29.2 Å². The second kappa shape index (κ2) is 13.2. The maximum absolute atomic E-state index is 12.4. The number of carbonyl (C=O) groups is 2. The number of rotatable bonds is 12. The summed E-state index contributed by atoms with van der Waals surface area (Å²) in [5.74, 6) is 0.384. The number of amides is 2. The topological polar surface area (TPSA) is 169 Å². The molecule has 2 aromatic rings. The van der Waals surface area contributed by atoms with Gasteiger partial charge >= 0.3 is 12.0 Å². The third-order valence-electron chi connectivity index (χ3n) is 5.61. The second-order valence-corrected chi connectivity index (χ2v) is 8.19. The molecular weight excluding hydrogens is 512 g/mol. The van der Waals surface area contributed by atoms with Crippen molar-refractivity contribution < 1.29 is 43.5 Å². The van der Waals surface area contributed by atoms with Gasteiger partial charge in [0.2, 0.25) is 5.75 Å². The van der Waals surface area contributed by atoms with Crippen LogP contribution in [0.5, 0.6) is 28.7 Å². The number of methoxy groups -OCH3 is 3. The van der Waals surface area contributed by atoms with Crippen LogP contribution in [-0.2, 0) is 9.53 Å². The zero-order chi connectivity index (χ0) is 28.5. The SMILES string of the molecule is CCOc1cc([C@H]2NC(=O)NC(C)=C2C(=O)OC)ccc1OC[C@H](O)N/N=C\c1cc(OC)c(O)c(OC)c1. The van der Waals surface area contributed by atoms with Crippen molar-refractivity contribution in [2.24, 2.45) is 5.10 Å². The van der Waals surface area contributed by atoms with Gasteiger partial charge in [-0.05, 0) is 43.7 Å². The lowest BCUT2D eigenvalue weighted by Gasteiger charge is -2.28. The molecule has 210 valence electrons. The van der Waals surface area contributed by atoms with Crippen LogP contribution < -0.4 is 35.0 Å². The molecule has 0 aliphatic carbocycles. The molecule has 0 bridgehead atoms. The number of allylic oxidation sites excluding steroid dienone is 1. The quantitative estimate of drug-likeness (QED) is 0.115. The van der Waals surface area contributed by atoms with Crippen molar-refractivity contribution in [2.45, 2.75) is 26.1 Å². The Bertz CT molecular complexity index is 1240. The fraction of sp³-hybridized carbons (Fsp3) is 0.346. The number of hydrazone groups is 1. The van der Waals surface area contributed by atoms with Gasteiger partial charge in [-0.1, -0.05) is 6.07 Å². The highest BCUT2D eigenvalue weighted by atomic mass is 16.5. The molecule has 5 N–H and O–H groups in total. The Morgan fingerprint density at radius 3 is 2.41 bits per heavy atom. The number of aliphatic hydroxyl groups is 1. The molecule has 0 radical (unpaired) electrons. The molecule has 0 unspecified atom stereocenters. The number of hydrogen-bond acceptors (Lipinski definition) is 11. The molecule has 0 spiro atoms. The molecule has 39 heavy (non-hydrogen) atoms. The van der Waals surface area contributed by atoms with E-state index in [1.807, 2.05) is 0 Å². The van der Waals surface area contributed by atoms with E-state index in [0.29, 0.717) is 34.9 Å². The fourth-order valence-corrected chi connectivity index (χ4v) is 3.81. The van der Waals surface area contributed by atoms with Gasteiger partial charge in [0.1, 0.15) is 6.61 Å². The molecule has 0 saturated carbocycles. The van der Waals surface area contributed by atoms with E-state index in [-0.39, 0.29) is 29.4 Å². The number of esters is 1. The van der Waals surface area contributed by atoms with Crippen LogP contribution in [0.2, 0.25) is 0 Å². The van der Waals surface area contributed by atoms with E-state index < -0.39 is 24.3 Å². The number of benzene rings is 2. The van der Waals surface area contributed by atoms with Crippen molar-refractivity contribution in [1.82, 2.24) is 16.1 Å². The zero-order valence-corrected chi connectivity index (χ0v) is 22.2. The van der Waals surface area contributed by atoms with E-state index >= 15 is 0 Å². The number of phenolic OH excluding ortho intramolecular Hbond substituents is 1. The summed E-state index contributed by atoms with van der Waals surface area (Å²) in [5.41, 5.74) is 4.31. The van der Waals surface area contributed by atoms with Crippen molar-refractivity contribution in [3.05, 3.63) is 52.7 Å². The molecule has 0 aromatic heterocycles. The van der Waals surface area contributed by atoms with Crippen LogP contribution in [-0.4, -0.2) is 69.2 Å². The number of urea groups is 1. The van der Waals surface area contributed by atoms with Crippen LogP contribution in [0, 0.1) is 0 Å². The summed E-state index contributed by atoms with van der Waals surface area (Å²) in [6, 6.07) is 6.82. The first-order chi connectivity index (χ1) is 18.7. The van der Waals surface area contributed by atoms with Crippen molar-refractivity contribution in [1.29, 1.82) is 0 Å². The Morgan fingerprint density at radius 1 is 1.10 bits per heavy atom. The lowest BCUT2D eigenvalue weighted by Crippen LogP contribution is -2.45. The van der Waals surface area contributed by atoms with Gasteiger partial charge in [-0.2, -0.15) is 5.10 Å². The molecule has 3 rings (SSSR count). The molecule has 0 saturated heterocycles. The number of hydrogen-bond donors (Lipinski definition) is 5. The first-order valence-corrected chi connectivity index (χ1v) is 11.9. The molecule has 0 fully saturated rings. The Hall–Kier alpha value is -4.65. The fourth-order valence-electron chi connectivity index (χ4n) is 3.81. The predicted octanol–water partition coefficient (Wildman–Crippen LogP) is 1.93. The zero-order valence-electron chi connectivity index (χ0n) is 22.2. The van der Waals surface area contributed by atoms with E-state index in [4.69, 9.17) is 23.7 Å². The third kappa shape index (κ3) is 7.02. The molecule has 13 nitrogen and oxygen atoms in total. The first-order valence-electron chi connectivity index (χ1n) is 11.9. The highest BCUT2D eigenvalue weighted by molar-refractivity contribution is 5.95. The number of carbonyl (C=O) groups excluding carboxylic acids is 2. The average Bonchev–Trinajstić information content (AvgIpc) is 2.92. The van der Waals surface area contributed by atoms with Crippen molar-refractivity contribution >= 4 is 18.2 Å². The van der Waals surface area contributed by atoms with Crippen molar-refractivity contribution in [3.63, 3.8) is 0 Å². The van der Waals surface area contributed by atoms with Crippen LogP contribution >= 0.6 is 0 Å². The molecule has 2 amide bonds. The highest BCUT2D eigenvalue weighted by Gasteiger charge is 2.32. The van der Waals surface area contributed by atoms with Gasteiger partial charge in [-0.3, -0.25) is 5.43 Å². The number of nitrogens with zero attached hydrogens (tertiary/aromatic N) is 1. The smallest absolute Gasteiger partial charge is 0.337 e. The van der Waals surface area contributed by atoms with Gasteiger partial charge in [0.25, 0.3) is 0 Å². The van der Waals surface area contributed by atoms with Crippen molar-refractivity contribution in [3.8, 4) is 28.7 Å². The number of nitrogens with one attached hydrogen (secondary N) is 3. The number of aliphatic hydroxyl groups excluding tert-OH is 1. The standard InChI is InChI=1S/C26H32N4O9/c1-6-38-18-11-16(23-22(25(33)37-5)14(2)28-26(34)29-23)7-8-17(18)39-13-21(31)30-27-12-15-9-19(35-3)24(32)20(10-15)36-4/h7-12,21,23,30-32H,6,13H2,1-5H3,(H2,28,29,34)/b27-12-/t21-,23+/m0/s1. The monoisotopic (exact) mass is 544 g/mol. The molecule has 1 aliphatic heterocycles. The van der Waals surface area contributed by atoms with Crippen LogP contribution in [0.4, 0.5) is 4.79 Å². The van der Waals surface area contributed by atoms with E-state index in [2.05, 4.69) is 21.2 Å². The Morgan fingerprint density at radius 2 is 1.79 bits per heavy atom. The maximum atomic E-state index is 12.4. The normalized spacial score (nSPS) is 15.7. The molecule has 2 aromatic carbocycles. The van der Waals surface area contributed by atoms with Crippen molar-refractivity contribution in [2.75, 3.05) is 34.5 Å². The Kier molecular flexibility index (Phi) is 9.81. The Balaban J connectivity index is 1.71. The first kappa shape index (κ1) is 28.9. The summed E-state index contributed by atoms with van der Waals surface area (Å²) in [4.78, 5) is 24.5. The molecule has 1 heterocycles. The lowest BCUT2D eigenvalue weighted by molar-refractivity contribution is -0.136. The maximum Gasteiger partial charge on any atom is 0.337 e. The van der Waals surface area contributed by atoms with E-state index in [0.717, 1.165) is 0 Å². The summed E-state index contributed by atoms with van der Waals surface area (Å²) >= 11 is 0. The van der Waals surface area contributed by atoms with Gasteiger partial charge in [-0.15, -0.1) is 0 Å². The molecule has 2 atom stereocenters. The van der Waals surface area contributed by atoms with Crippen LogP contribution in [0.3, 0.4) is 0 Å². The minimum Gasteiger partial charge on any atom is -0.502 e. The van der Waals surface area contributed by atoms with Gasteiger partial charge in [-0.25, -0.2) is 9.59 Å². The summed E-state index contributed by atoms with van der Waals surface area (Å²) in [5, 5.41) is 29.6. The summed E-state index contributed by atoms with van der Waals surface area (Å²) < 4.78 is 26.6. The van der Waals surface area contributed by atoms with E-state index in [1.165, 1.54) is 27.5 Å². The molecule has 13 heteroatoms. The molecular formula is C26H32N4O9. The second-order valence-electron chi connectivity index (χ2n) is 8.19. The predicted molar refractivity (Wildman–Crippen MR) is 140 cm³/mol. The van der Waals surface area contributed by atoms with Crippen LogP contribution in [0.15, 0.2) is 46.7 Å². The number of phenols is 1. The lowest BCUT2D eigenvalue weighted by atomic mass is 9.95. The molecule has 1 aliphatic rings. The van der Waals surface area contributed by atoms with E-state index in [9.17, 15) is 19.8 Å². The van der Waals surface area contributed by atoms with Gasteiger partial charge in [0, 0.05) is 11.3 Å². The highest BCUT2D eigenvalue weighted by Crippen LogP contribution is 2.37. The summed E-state index contributed by atoms with van der Waals surface area (Å²) in [6.07, 6.45) is 0.229. The van der Waals surface area contributed by atoms with Crippen LogP contribution in [0.25, 0.3) is 0 Å².